The molecule has 2 atom stereocenters. The lowest BCUT2D eigenvalue weighted by molar-refractivity contribution is -0.185. The van der Waals surface area contributed by atoms with Gasteiger partial charge in [0.15, 0.2) is 17.5 Å². The number of halogens is 3. The molecule has 1 saturated carbocycles. The normalized spacial score (nSPS) is 23.0. The Bertz CT molecular complexity index is 649. The van der Waals surface area contributed by atoms with Gasteiger partial charge in [-0.25, -0.2) is 0 Å². The first kappa shape index (κ1) is 18.7. The molecule has 0 aromatic heterocycles. The smallest absolute Gasteiger partial charge is 0.391 e. The molecule has 0 amide bonds. The van der Waals surface area contributed by atoms with Gasteiger partial charge in [-0.05, 0) is 31.2 Å². The molecule has 1 aliphatic carbocycles. The first-order valence-corrected chi connectivity index (χ1v) is 8.86. The number of fused-ring (bicyclic) bond motifs is 1. The maximum Gasteiger partial charge on any atom is 0.391 e. The molecule has 1 aromatic carbocycles. The van der Waals surface area contributed by atoms with Crippen molar-refractivity contribution in [2.45, 2.75) is 38.4 Å². The van der Waals surface area contributed by atoms with E-state index in [1.165, 1.54) is 0 Å². The molecule has 0 bridgehead atoms. The van der Waals surface area contributed by atoms with Gasteiger partial charge in [0.25, 0.3) is 0 Å². The minimum absolute atomic E-state index is 0.00614. The van der Waals surface area contributed by atoms with E-state index in [1.807, 2.05) is 18.2 Å². The molecule has 1 aromatic rings. The summed E-state index contributed by atoms with van der Waals surface area (Å²) in [5, 5.41) is 6.33. The highest BCUT2D eigenvalue weighted by molar-refractivity contribution is 5.79. The van der Waals surface area contributed by atoms with E-state index in [0.717, 1.165) is 17.7 Å². The van der Waals surface area contributed by atoms with Crippen molar-refractivity contribution in [2.24, 2.45) is 16.8 Å². The number of nitrogens with one attached hydrogen (secondary N) is 2. The van der Waals surface area contributed by atoms with Gasteiger partial charge in [0.05, 0.1) is 5.92 Å². The fraction of sp³-hybridized carbons (Fsp3) is 0.611. The first-order valence-electron chi connectivity index (χ1n) is 8.86. The van der Waals surface area contributed by atoms with Crippen LogP contribution < -0.4 is 20.1 Å². The van der Waals surface area contributed by atoms with Crippen LogP contribution in [0, 0.1) is 11.8 Å². The highest BCUT2D eigenvalue weighted by Gasteiger charge is 2.42. The van der Waals surface area contributed by atoms with Crippen molar-refractivity contribution in [1.82, 2.24) is 10.6 Å². The number of aliphatic imine (C=N–C) groups is 1. The van der Waals surface area contributed by atoms with Crippen LogP contribution in [0.25, 0.3) is 0 Å². The zero-order chi connectivity index (χ0) is 18.6. The van der Waals surface area contributed by atoms with Crippen LogP contribution in [0.4, 0.5) is 13.2 Å². The topological polar surface area (TPSA) is 54.9 Å². The minimum atomic E-state index is -4.09. The van der Waals surface area contributed by atoms with Gasteiger partial charge in [-0.3, -0.25) is 4.99 Å². The number of guanidine groups is 1. The first-order chi connectivity index (χ1) is 12.5. The SMILES string of the molecule is CN=C(NCc1cccc2c1OCO2)NCC1CCCC(C(F)(F)F)C1. The Morgan fingerprint density at radius 2 is 2.08 bits per heavy atom. The zero-order valence-electron chi connectivity index (χ0n) is 14.7. The molecule has 1 fully saturated rings. The van der Waals surface area contributed by atoms with E-state index in [4.69, 9.17) is 9.47 Å². The average molecular weight is 371 g/mol. The summed E-state index contributed by atoms with van der Waals surface area (Å²) < 4.78 is 49.6. The van der Waals surface area contributed by atoms with Gasteiger partial charge >= 0.3 is 6.18 Å². The third-order valence-corrected chi connectivity index (χ3v) is 4.95. The molecule has 5 nitrogen and oxygen atoms in total. The Hall–Kier alpha value is -2.12. The molecule has 1 aliphatic heterocycles. The van der Waals surface area contributed by atoms with Gasteiger partial charge in [-0.1, -0.05) is 18.6 Å². The van der Waals surface area contributed by atoms with Gasteiger partial charge in [-0.2, -0.15) is 13.2 Å². The van der Waals surface area contributed by atoms with Crippen LogP contribution in [0.1, 0.15) is 31.2 Å². The Morgan fingerprint density at radius 3 is 2.85 bits per heavy atom. The molecule has 3 rings (SSSR count). The van der Waals surface area contributed by atoms with E-state index in [2.05, 4.69) is 15.6 Å². The molecule has 2 N–H and O–H groups in total. The third kappa shape index (κ3) is 4.53. The van der Waals surface area contributed by atoms with E-state index in [0.29, 0.717) is 31.2 Å². The van der Waals surface area contributed by atoms with E-state index in [9.17, 15) is 13.2 Å². The Balaban J connectivity index is 1.49. The predicted octanol–water partition coefficient (Wildman–Crippen LogP) is 3.45. The number of nitrogens with zero attached hydrogens (tertiary/aromatic N) is 1. The van der Waals surface area contributed by atoms with E-state index in [-0.39, 0.29) is 25.6 Å². The minimum Gasteiger partial charge on any atom is -0.454 e. The Labute approximate surface area is 151 Å². The standard InChI is InChI=1S/C18H24F3N3O2/c1-22-17(23-9-12-4-2-6-14(8-12)18(19,20)21)24-10-13-5-3-7-15-16(13)26-11-25-15/h3,5,7,12,14H,2,4,6,8-11H2,1H3,(H2,22,23,24). The fourth-order valence-electron chi connectivity index (χ4n) is 3.54. The van der Waals surface area contributed by atoms with Gasteiger partial charge < -0.3 is 20.1 Å². The summed E-state index contributed by atoms with van der Waals surface area (Å²) in [5.41, 5.74) is 0.942. The predicted molar refractivity (Wildman–Crippen MR) is 92.3 cm³/mol. The Kier molecular flexibility index (Phi) is 5.78. The lowest BCUT2D eigenvalue weighted by atomic mass is 9.81. The van der Waals surface area contributed by atoms with Crippen LogP contribution in [0.15, 0.2) is 23.2 Å². The summed E-state index contributed by atoms with van der Waals surface area (Å²) in [7, 11) is 1.64. The third-order valence-electron chi connectivity index (χ3n) is 4.95. The largest absolute Gasteiger partial charge is 0.454 e. The summed E-state index contributed by atoms with van der Waals surface area (Å²) in [6.07, 6.45) is -2.22. The van der Waals surface area contributed by atoms with Crippen molar-refractivity contribution in [1.29, 1.82) is 0 Å². The fourth-order valence-corrected chi connectivity index (χ4v) is 3.54. The number of hydrogen-bond donors (Lipinski definition) is 2. The molecule has 144 valence electrons. The average Bonchev–Trinajstić information content (AvgIpc) is 3.11. The monoisotopic (exact) mass is 371 g/mol. The molecular formula is C18H24F3N3O2. The quantitative estimate of drug-likeness (QED) is 0.629. The lowest BCUT2D eigenvalue weighted by Gasteiger charge is -2.31. The second-order valence-corrected chi connectivity index (χ2v) is 6.73. The number of para-hydroxylation sites is 1. The molecule has 0 spiro atoms. The van der Waals surface area contributed by atoms with Crippen molar-refractivity contribution < 1.29 is 22.6 Å². The van der Waals surface area contributed by atoms with Crippen LogP contribution in [-0.4, -0.2) is 32.5 Å². The van der Waals surface area contributed by atoms with Crippen molar-refractivity contribution in [2.75, 3.05) is 20.4 Å². The van der Waals surface area contributed by atoms with Crippen LogP contribution in [0.5, 0.6) is 11.5 Å². The number of benzene rings is 1. The highest BCUT2D eigenvalue weighted by atomic mass is 19.4. The molecule has 8 heteroatoms. The summed E-state index contributed by atoms with van der Waals surface area (Å²) in [6.45, 7) is 1.18. The van der Waals surface area contributed by atoms with Crippen molar-refractivity contribution >= 4 is 5.96 Å². The van der Waals surface area contributed by atoms with Gasteiger partial charge in [0.2, 0.25) is 6.79 Å². The summed E-state index contributed by atoms with van der Waals surface area (Å²) in [5.74, 6) is 0.827. The zero-order valence-corrected chi connectivity index (χ0v) is 14.7. The van der Waals surface area contributed by atoms with Crippen molar-refractivity contribution in [3.05, 3.63) is 23.8 Å². The number of hydrogen-bond acceptors (Lipinski definition) is 3. The Morgan fingerprint density at radius 1 is 1.23 bits per heavy atom. The van der Waals surface area contributed by atoms with Crippen LogP contribution in [0.2, 0.25) is 0 Å². The number of alkyl halides is 3. The second kappa shape index (κ2) is 8.05. The van der Waals surface area contributed by atoms with Crippen LogP contribution in [-0.2, 0) is 6.54 Å². The summed E-state index contributed by atoms with van der Waals surface area (Å²) >= 11 is 0. The summed E-state index contributed by atoms with van der Waals surface area (Å²) in [4.78, 5) is 4.15. The molecule has 1 heterocycles. The van der Waals surface area contributed by atoms with Crippen LogP contribution in [0.3, 0.4) is 0 Å². The maximum atomic E-state index is 12.9. The lowest BCUT2D eigenvalue weighted by Crippen LogP contribution is -2.41. The van der Waals surface area contributed by atoms with Gasteiger partial charge in [0.1, 0.15) is 0 Å². The molecule has 26 heavy (non-hydrogen) atoms. The van der Waals surface area contributed by atoms with E-state index in [1.54, 1.807) is 7.05 Å². The van der Waals surface area contributed by atoms with Crippen LogP contribution >= 0.6 is 0 Å². The molecule has 0 saturated heterocycles. The second-order valence-electron chi connectivity index (χ2n) is 6.73. The maximum absolute atomic E-state index is 12.9. The van der Waals surface area contributed by atoms with E-state index >= 15 is 0 Å². The molecule has 2 unspecified atom stereocenters. The summed E-state index contributed by atoms with van der Waals surface area (Å²) in [6, 6.07) is 5.67. The molecular weight excluding hydrogens is 347 g/mol. The molecule has 0 radical (unpaired) electrons. The number of rotatable bonds is 4. The van der Waals surface area contributed by atoms with Crippen molar-refractivity contribution in [3.8, 4) is 11.5 Å². The van der Waals surface area contributed by atoms with Gasteiger partial charge in [-0.15, -0.1) is 0 Å². The van der Waals surface area contributed by atoms with Gasteiger partial charge in [0, 0.05) is 25.7 Å². The molecule has 2 aliphatic rings. The highest BCUT2D eigenvalue weighted by Crippen LogP contribution is 2.39. The van der Waals surface area contributed by atoms with Crippen molar-refractivity contribution in [3.63, 3.8) is 0 Å². The van der Waals surface area contributed by atoms with E-state index < -0.39 is 12.1 Å². The number of ether oxygens (including phenoxy) is 2.